The van der Waals surface area contributed by atoms with Gasteiger partial charge in [0.15, 0.2) is 0 Å². The van der Waals surface area contributed by atoms with Gasteiger partial charge in [-0.05, 0) is 35.4 Å². The van der Waals surface area contributed by atoms with Crippen molar-refractivity contribution in [1.82, 2.24) is 0 Å². The van der Waals surface area contributed by atoms with Gasteiger partial charge < -0.3 is 9.84 Å². The van der Waals surface area contributed by atoms with Gasteiger partial charge in [0.2, 0.25) is 0 Å². The molecule has 100 valence electrons. The van der Waals surface area contributed by atoms with E-state index in [4.69, 9.17) is 0 Å². The topological polar surface area (TPSA) is 46.5 Å². The highest BCUT2D eigenvalue weighted by atomic mass is 16.5. The third-order valence-corrected chi connectivity index (χ3v) is 2.51. The van der Waals surface area contributed by atoms with E-state index in [9.17, 15) is 9.90 Å². The molecule has 2 aromatic rings. The highest BCUT2D eigenvalue weighted by Gasteiger charge is 2.04. The maximum absolute atomic E-state index is 11.3. The lowest BCUT2D eigenvalue weighted by molar-refractivity contribution is 0.0601. The second-order valence-electron chi connectivity index (χ2n) is 3.62. The largest absolute Gasteiger partial charge is 0.508 e. The van der Waals surface area contributed by atoms with Crippen molar-refractivity contribution in [2.75, 3.05) is 7.11 Å². The number of carbonyl (C=O) groups excluding carboxylic acids is 1. The lowest BCUT2D eigenvalue weighted by Crippen LogP contribution is -2.00. The van der Waals surface area contributed by atoms with Gasteiger partial charge >= 0.3 is 5.97 Å². The van der Waals surface area contributed by atoms with Crippen LogP contribution >= 0.6 is 0 Å². The van der Waals surface area contributed by atoms with Crippen molar-refractivity contribution >= 4 is 5.97 Å². The Kier molecular flexibility index (Phi) is 5.61. The molecule has 0 unspecified atom stereocenters. The molecule has 0 aliphatic rings. The van der Waals surface area contributed by atoms with Crippen LogP contribution in [0.4, 0.5) is 0 Å². The molecule has 2 aromatic carbocycles. The molecule has 0 saturated heterocycles. The normalized spacial score (nSPS) is 9.21. The third-order valence-electron chi connectivity index (χ3n) is 2.51. The molecule has 0 aliphatic carbocycles. The lowest BCUT2D eigenvalue weighted by atomic mass is 10.0. The Morgan fingerprint density at radius 2 is 1.32 bits per heavy atom. The van der Waals surface area contributed by atoms with Gasteiger partial charge in [-0.15, -0.1) is 0 Å². The summed E-state index contributed by atoms with van der Waals surface area (Å²) >= 11 is 0. The Bertz CT molecular complexity index is 513. The molecule has 3 nitrogen and oxygen atoms in total. The fourth-order valence-corrected chi connectivity index (χ4v) is 1.57. The van der Waals surface area contributed by atoms with Gasteiger partial charge in [-0.25, -0.2) is 4.79 Å². The van der Waals surface area contributed by atoms with E-state index < -0.39 is 0 Å². The molecule has 0 saturated carbocycles. The van der Waals surface area contributed by atoms with Gasteiger partial charge in [-0.1, -0.05) is 38.1 Å². The SMILES string of the molecule is CC.COC(=O)c1ccc(-c2ccc(O)cc2)cc1. The number of benzene rings is 2. The van der Waals surface area contributed by atoms with Gasteiger partial charge in [-0.3, -0.25) is 0 Å². The molecule has 0 spiro atoms. The molecule has 0 radical (unpaired) electrons. The second kappa shape index (κ2) is 7.21. The Balaban J connectivity index is 0.000000861. The van der Waals surface area contributed by atoms with Crippen LogP contribution in [-0.2, 0) is 4.74 Å². The van der Waals surface area contributed by atoms with Crippen LogP contribution in [0.25, 0.3) is 11.1 Å². The van der Waals surface area contributed by atoms with Crippen LogP contribution in [0.1, 0.15) is 24.2 Å². The minimum Gasteiger partial charge on any atom is -0.508 e. The summed E-state index contributed by atoms with van der Waals surface area (Å²) in [7, 11) is 1.36. The van der Waals surface area contributed by atoms with Gasteiger partial charge in [-0.2, -0.15) is 0 Å². The summed E-state index contributed by atoms with van der Waals surface area (Å²) in [5.41, 5.74) is 2.49. The summed E-state index contributed by atoms with van der Waals surface area (Å²) in [5.74, 6) is -0.109. The predicted molar refractivity (Wildman–Crippen MR) is 76.2 cm³/mol. The van der Waals surface area contributed by atoms with Crippen LogP contribution in [0.3, 0.4) is 0 Å². The Hall–Kier alpha value is -2.29. The maximum atomic E-state index is 11.3. The lowest BCUT2D eigenvalue weighted by Gasteiger charge is -2.03. The van der Waals surface area contributed by atoms with E-state index in [1.165, 1.54) is 7.11 Å². The highest BCUT2D eigenvalue weighted by molar-refractivity contribution is 5.89. The van der Waals surface area contributed by atoms with Crippen LogP contribution in [-0.4, -0.2) is 18.2 Å². The van der Waals surface area contributed by atoms with Crippen molar-refractivity contribution in [3.05, 3.63) is 54.1 Å². The summed E-state index contributed by atoms with van der Waals surface area (Å²) in [6, 6.07) is 14.0. The first kappa shape index (κ1) is 14.8. The monoisotopic (exact) mass is 258 g/mol. The van der Waals surface area contributed by atoms with E-state index in [1.807, 2.05) is 38.1 Å². The molecule has 3 heteroatoms. The van der Waals surface area contributed by atoms with E-state index in [0.717, 1.165) is 11.1 Å². The first-order chi connectivity index (χ1) is 9.20. The number of methoxy groups -OCH3 is 1. The number of esters is 1. The van der Waals surface area contributed by atoms with Crippen molar-refractivity contribution in [3.8, 4) is 16.9 Å². The average Bonchev–Trinajstić information content (AvgIpc) is 2.49. The van der Waals surface area contributed by atoms with Crippen LogP contribution < -0.4 is 0 Å². The standard InChI is InChI=1S/C14H12O3.C2H6/c1-17-14(16)12-4-2-10(3-5-12)11-6-8-13(15)9-7-11;1-2/h2-9,15H,1H3;1-2H3. The summed E-state index contributed by atoms with van der Waals surface area (Å²) < 4.78 is 4.63. The molecular formula is C16H18O3. The quantitative estimate of drug-likeness (QED) is 0.832. The molecule has 1 N–H and O–H groups in total. The van der Waals surface area contributed by atoms with Crippen molar-refractivity contribution < 1.29 is 14.6 Å². The molecule has 0 bridgehead atoms. The van der Waals surface area contributed by atoms with Crippen molar-refractivity contribution in [3.63, 3.8) is 0 Å². The van der Waals surface area contributed by atoms with Crippen LogP contribution in [0, 0.1) is 0 Å². The number of phenolic OH excluding ortho intramolecular Hbond substituents is 1. The number of rotatable bonds is 2. The number of carbonyl (C=O) groups is 1. The fraction of sp³-hybridized carbons (Fsp3) is 0.188. The average molecular weight is 258 g/mol. The van der Waals surface area contributed by atoms with Crippen LogP contribution in [0.15, 0.2) is 48.5 Å². The smallest absolute Gasteiger partial charge is 0.337 e. The van der Waals surface area contributed by atoms with Crippen LogP contribution in [0.2, 0.25) is 0 Å². The molecule has 19 heavy (non-hydrogen) atoms. The van der Waals surface area contributed by atoms with Crippen molar-refractivity contribution in [1.29, 1.82) is 0 Å². The fourth-order valence-electron chi connectivity index (χ4n) is 1.57. The number of phenols is 1. The zero-order valence-electron chi connectivity index (χ0n) is 11.4. The molecule has 0 amide bonds. The van der Waals surface area contributed by atoms with E-state index >= 15 is 0 Å². The summed E-state index contributed by atoms with van der Waals surface area (Å²) in [4.78, 5) is 11.3. The van der Waals surface area contributed by atoms with Gasteiger partial charge in [0.05, 0.1) is 12.7 Å². The molecule has 0 heterocycles. The Morgan fingerprint density at radius 3 is 1.74 bits per heavy atom. The second-order valence-corrected chi connectivity index (χ2v) is 3.62. The zero-order valence-corrected chi connectivity index (χ0v) is 11.4. The van der Waals surface area contributed by atoms with E-state index in [-0.39, 0.29) is 11.7 Å². The maximum Gasteiger partial charge on any atom is 0.337 e. The van der Waals surface area contributed by atoms with Gasteiger partial charge in [0.1, 0.15) is 5.75 Å². The summed E-state index contributed by atoms with van der Waals surface area (Å²) in [5, 5.41) is 9.19. The Morgan fingerprint density at radius 1 is 0.895 bits per heavy atom. The van der Waals surface area contributed by atoms with Gasteiger partial charge in [0.25, 0.3) is 0 Å². The number of hydrogen-bond donors (Lipinski definition) is 1. The molecule has 0 fully saturated rings. The summed E-state index contributed by atoms with van der Waals surface area (Å²) in [6.45, 7) is 4.00. The molecule has 2 rings (SSSR count). The minimum absolute atomic E-state index is 0.236. The third kappa shape index (κ3) is 3.85. The number of ether oxygens (including phenoxy) is 1. The first-order valence-electron chi connectivity index (χ1n) is 6.18. The Labute approximate surface area is 113 Å². The first-order valence-corrected chi connectivity index (χ1v) is 6.18. The van der Waals surface area contributed by atoms with E-state index in [2.05, 4.69) is 4.74 Å². The molecule has 0 atom stereocenters. The van der Waals surface area contributed by atoms with Crippen molar-refractivity contribution in [2.45, 2.75) is 13.8 Å². The minimum atomic E-state index is -0.345. The summed E-state index contributed by atoms with van der Waals surface area (Å²) in [6.07, 6.45) is 0. The number of aromatic hydroxyl groups is 1. The van der Waals surface area contributed by atoms with Crippen LogP contribution in [0.5, 0.6) is 5.75 Å². The van der Waals surface area contributed by atoms with E-state index in [1.54, 1.807) is 24.3 Å². The predicted octanol–water partition coefficient (Wildman–Crippen LogP) is 3.87. The molecule has 0 aliphatic heterocycles. The van der Waals surface area contributed by atoms with E-state index in [0.29, 0.717) is 5.56 Å². The van der Waals surface area contributed by atoms with Crippen molar-refractivity contribution in [2.24, 2.45) is 0 Å². The highest BCUT2D eigenvalue weighted by Crippen LogP contribution is 2.22. The van der Waals surface area contributed by atoms with Gasteiger partial charge in [0, 0.05) is 0 Å². The number of hydrogen-bond acceptors (Lipinski definition) is 3. The zero-order chi connectivity index (χ0) is 14.3. The molecule has 0 aromatic heterocycles. The molecular weight excluding hydrogens is 240 g/mol.